The number of nitrogens with two attached hydrogens (primary N) is 1. The van der Waals surface area contributed by atoms with E-state index in [-0.39, 0.29) is 95.5 Å². The Labute approximate surface area is 537 Å². The number of carboxylic acids is 1. The molecule has 11 aromatic rings. The molecule has 25 nitrogen and oxygen atoms in total. The van der Waals surface area contributed by atoms with Crippen LogP contribution >= 0.6 is 0 Å². The Morgan fingerprint density at radius 2 is 0.947 bits per heavy atom. The minimum atomic E-state index is -1.36. The van der Waals surface area contributed by atoms with Crippen molar-refractivity contribution in [3.05, 3.63) is 190 Å². The summed E-state index contributed by atoms with van der Waals surface area (Å²) in [5.41, 5.74) is 15.4. The van der Waals surface area contributed by atoms with Crippen LogP contribution in [0.2, 0.25) is 0 Å². The first-order chi connectivity index (χ1) is 46.2. The van der Waals surface area contributed by atoms with Crippen LogP contribution in [0, 0.1) is 35.6 Å². The molecule has 3 aliphatic heterocycles. The van der Waals surface area contributed by atoms with Crippen molar-refractivity contribution in [2.75, 3.05) is 32.8 Å². The monoisotopic (exact) mass is 1290 g/mol. The van der Waals surface area contributed by atoms with E-state index in [0.717, 1.165) is 81.1 Å². The second-order valence-electron chi connectivity index (χ2n) is 23.8. The standard InChI is InChI=1S/2C22H18FN5O3.C15H19N3O2.C8H5FN2O2/c2*23-20-18(24-16-6-1-2-7-27(16)20)22-25-21(26-31-22)14-5-3-4-13-15(14)10-12-11-17(30)28(8-9-29)19(12)13;1-2-6-18-13(19)8-9-7-12-10(14(9)18)4-3-5-11(12)15(16)17-20;9-7-6(8(12)13)10-5-3-1-2-4-11(5)7/h2*1-7,12,19,29H,8-11H2;3-5,9,14,20H,2,6-8H2,1H3,(H2,16,17);1-4H,(H,12,13). The molecule has 6 atom stereocenters. The van der Waals surface area contributed by atoms with Crippen LogP contribution in [-0.4, -0.2) is 146 Å². The van der Waals surface area contributed by atoms with Crippen molar-refractivity contribution in [1.29, 1.82) is 0 Å². The number of carboxylic acid groups (broad SMARTS) is 1. The van der Waals surface area contributed by atoms with Gasteiger partial charge in [-0.05, 0) is 113 Å². The third-order valence-electron chi connectivity index (χ3n) is 18.5. The lowest BCUT2D eigenvalue weighted by atomic mass is 10.0. The first-order valence-corrected chi connectivity index (χ1v) is 30.9. The van der Waals surface area contributed by atoms with E-state index >= 15 is 0 Å². The molecule has 28 heteroatoms. The SMILES string of the molecule is CCCN1C(=O)CC2Cc3c(/C(N)=N/O)cccc3C21.O=C(O)c1nc2ccccn2c1F.O=C1CC2Cc3c(-c4noc(-c5nc6ccccn6c5F)n4)cccc3C2N1CCO.O=C1CC2Cc3c(-c4noc(-c5nc6ccccn6c5F)n4)cccc3C2N1CCO. The van der Waals surface area contributed by atoms with Crippen LogP contribution in [0.5, 0.6) is 0 Å². The summed E-state index contributed by atoms with van der Waals surface area (Å²) >= 11 is 0. The van der Waals surface area contributed by atoms with E-state index in [9.17, 15) is 42.6 Å². The maximum atomic E-state index is 14.8. The quantitative estimate of drug-likeness (QED) is 0.0334. The number of rotatable bonds is 12. The molecular weight excluding hydrogens is 1230 g/mol. The van der Waals surface area contributed by atoms with Gasteiger partial charge in [0.05, 0.1) is 31.3 Å². The number of hydrogen-bond donors (Lipinski definition) is 5. The zero-order valence-electron chi connectivity index (χ0n) is 50.8. The normalized spacial score (nSPS) is 19.7. The van der Waals surface area contributed by atoms with Crippen molar-refractivity contribution in [3.8, 4) is 45.9 Å². The fourth-order valence-corrected chi connectivity index (χ4v) is 14.6. The van der Waals surface area contributed by atoms with Gasteiger partial charge in [0.1, 0.15) is 16.9 Å². The van der Waals surface area contributed by atoms with Gasteiger partial charge in [-0.3, -0.25) is 27.6 Å². The summed E-state index contributed by atoms with van der Waals surface area (Å²) in [7, 11) is 0. The maximum Gasteiger partial charge on any atom is 0.359 e. The summed E-state index contributed by atoms with van der Waals surface area (Å²) in [5.74, 6) is -1.35. The lowest BCUT2D eigenvalue weighted by molar-refractivity contribution is -0.130. The number of benzene rings is 3. The summed E-state index contributed by atoms with van der Waals surface area (Å²) in [4.78, 5) is 73.8. The van der Waals surface area contributed by atoms with Crippen LogP contribution in [-0.2, 0) is 33.6 Å². The number of β-amino-alcohol motifs (C(OH)–C–C–N with tert-alkyl or cyclic N) is 2. The van der Waals surface area contributed by atoms with Crippen molar-refractivity contribution in [2.24, 2.45) is 28.6 Å². The number of halogens is 3. The molecule has 3 amide bonds. The number of carbonyl (C=O) groups excluding carboxylic acids is 3. The number of oxime groups is 1. The number of fused-ring (bicyclic) bond motifs is 12. The third kappa shape index (κ3) is 10.7. The molecule has 0 spiro atoms. The number of hydrogen-bond acceptors (Lipinski definition) is 17. The minimum absolute atomic E-state index is 0.00844. The number of amides is 3. The predicted molar refractivity (Wildman–Crippen MR) is 332 cm³/mol. The highest BCUT2D eigenvalue weighted by Crippen LogP contribution is 2.52. The summed E-state index contributed by atoms with van der Waals surface area (Å²) in [6.07, 6.45) is 9.35. The van der Waals surface area contributed by atoms with Crippen molar-refractivity contribution in [3.63, 3.8) is 0 Å². The lowest BCUT2D eigenvalue weighted by Crippen LogP contribution is -2.30. The van der Waals surface area contributed by atoms with Gasteiger partial charge in [0.25, 0.3) is 11.8 Å². The fourth-order valence-electron chi connectivity index (χ4n) is 14.6. The van der Waals surface area contributed by atoms with Crippen molar-refractivity contribution >= 4 is 46.5 Å². The fraction of sp³-hybridized carbons (Fsp3) is 0.284. The lowest BCUT2D eigenvalue weighted by Gasteiger charge is -2.24. The second-order valence-corrected chi connectivity index (χ2v) is 23.8. The highest BCUT2D eigenvalue weighted by Gasteiger charge is 2.49. The number of imidazole rings is 3. The first kappa shape index (κ1) is 61.4. The van der Waals surface area contributed by atoms with Gasteiger partial charge < -0.3 is 50.0 Å². The van der Waals surface area contributed by atoms with E-state index in [4.69, 9.17) is 25.1 Å². The Kier molecular flexibility index (Phi) is 16.2. The van der Waals surface area contributed by atoms with E-state index in [0.29, 0.717) is 61.2 Å². The van der Waals surface area contributed by atoms with Crippen LogP contribution in [0.25, 0.3) is 62.9 Å². The number of aromatic carboxylic acids is 1. The number of nitrogens with zero attached hydrogens (tertiary/aromatic N) is 14. The molecule has 3 aromatic carbocycles. The maximum absolute atomic E-state index is 14.8. The number of aliphatic hydroxyl groups is 2. The van der Waals surface area contributed by atoms with Crippen LogP contribution < -0.4 is 5.73 Å². The molecule has 11 heterocycles. The van der Waals surface area contributed by atoms with E-state index in [2.05, 4.69) is 53.4 Å². The Morgan fingerprint density at radius 1 is 0.537 bits per heavy atom. The van der Waals surface area contributed by atoms with E-state index in [1.165, 1.54) is 26.6 Å². The van der Waals surface area contributed by atoms with Crippen LogP contribution in [0.3, 0.4) is 0 Å². The predicted octanol–water partition coefficient (Wildman–Crippen LogP) is 8.07. The van der Waals surface area contributed by atoms with E-state index < -0.39 is 29.5 Å². The van der Waals surface area contributed by atoms with Gasteiger partial charge in [-0.1, -0.05) is 95.2 Å². The molecule has 0 saturated carbocycles. The van der Waals surface area contributed by atoms with Crippen molar-refractivity contribution in [1.82, 2.24) is 63.1 Å². The van der Waals surface area contributed by atoms with Gasteiger partial charge >= 0.3 is 5.97 Å². The Morgan fingerprint density at radius 3 is 1.36 bits per heavy atom. The molecule has 3 aliphatic carbocycles. The molecule has 484 valence electrons. The van der Waals surface area contributed by atoms with Gasteiger partial charge in [-0.15, -0.1) is 0 Å². The third-order valence-corrected chi connectivity index (χ3v) is 18.5. The Balaban J connectivity index is 0.000000114. The number of likely N-dealkylation sites (tertiary alicyclic amines) is 3. The van der Waals surface area contributed by atoms with Gasteiger partial charge in [-0.2, -0.15) is 23.1 Å². The summed E-state index contributed by atoms with van der Waals surface area (Å²) in [6, 6.07) is 32.8. The van der Waals surface area contributed by atoms with Crippen LogP contribution in [0.15, 0.2) is 142 Å². The number of aliphatic hydroxyl groups excluding tert-OH is 2. The second kappa shape index (κ2) is 25.1. The molecule has 95 heavy (non-hydrogen) atoms. The smallest absolute Gasteiger partial charge is 0.359 e. The summed E-state index contributed by atoms with van der Waals surface area (Å²) in [6.45, 7) is 3.40. The molecule has 6 N–H and O–H groups in total. The average Bonchev–Trinajstić information content (AvgIpc) is 1.60. The highest BCUT2D eigenvalue weighted by atomic mass is 19.1. The van der Waals surface area contributed by atoms with Gasteiger partial charge in [0.2, 0.25) is 52.9 Å². The molecule has 3 fully saturated rings. The molecule has 6 unspecified atom stereocenters. The molecule has 0 radical (unpaired) electrons. The number of pyridine rings is 3. The number of amidine groups is 1. The average molecular weight is 1290 g/mol. The van der Waals surface area contributed by atoms with E-state index in [1.54, 1.807) is 70.7 Å². The number of carbonyl (C=O) groups is 4. The zero-order chi connectivity index (χ0) is 65.9. The topological polar surface area (TPSA) is 327 Å². The van der Waals surface area contributed by atoms with Gasteiger partial charge in [-0.25, -0.2) is 19.7 Å². The molecule has 3 saturated heterocycles. The number of aromatic nitrogens is 10. The largest absolute Gasteiger partial charge is 0.476 e. The van der Waals surface area contributed by atoms with Gasteiger partial charge in [0, 0.05) is 74.2 Å². The van der Waals surface area contributed by atoms with Crippen LogP contribution in [0.1, 0.15) is 100 Å². The van der Waals surface area contributed by atoms with E-state index in [1.807, 2.05) is 53.4 Å². The molecule has 8 aromatic heterocycles. The Bertz CT molecular complexity index is 4660. The minimum Gasteiger partial charge on any atom is -0.476 e. The Hall–Kier alpha value is -11.1. The van der Waals surface area contributed by atoms with Crippen LogP contribution in [0.4, 0.5) is 13.2 Å². The summed E-state index contributed by atoms with van der Waals surface area (Å²) in [5, 5.41) is 47.5. The van der Waals surface area contributed by atoms with Crippen molar-refractivity contribution in [2.45, 2.75) is 70.0 Å². The summed E-state index contributed by atoms with van der Waals surface area (Å²) < 4.78 is 57.2. The van der Waals surface area contributed by atoms with Gasteiger partial charge in [0.15, 0.2) is 17.2 Å². The zero-order valence-corrected chi connectivity index (χ0v) is 50.8. The molecular formula is C67H60F3N15O10. The molecule has 6 aliphatic rings. The highest BCUT2D eigenvalue weighted by molar-refractivity contribution is 5.99. The molecule has 0 bridgehead atoms. The first-order valence-electron chi connectivity index (χ1n) is 30.9. The van der Waals surface area contributed by atoms with Crippen molar-refractivity contribution < 1.29 is 61.9 Å². The molecule has 17 rings (SSSR count).